The highest BCUT2D eigenvalue weighted by atomic mass is 32.2. The van der Waals surface area contributed by atoms with Crippen LogP contribution in [0.15, 0.2) is 94.6 Å². The van der Waals surface area contributed by atoms with Crippen LogP contribution in [0.2, 0.25) is 0 Å². The van der Waals surface area contributed by atoms with Gasteiger partial charge in [-0.2, -0.15) is 13.2 Å². The maximum absolute atomic E-state index is 13.8. The number of hydrogen-bond donors (Lipinski definition) is 1. The molecule has 2 N–H and O–H groups in total. The standard InChI is InChI=1S/C27H27F3N2O3S/c1-18-17-32(2)26-23(11-5-12-24(26)27(28,29)30)25(18)19-7-3-8-20(15-19)35-21-9-4-10-22(16-21)36(33,34)14-6-13-31/h3-5,7-12,15-17,26H,6,13-14,31H2,1-2H3. The molecule has 2 aromatic rings. The molecule has 36 heavy (non-hydrogen) atoms. The fraction of sp³-hybridized carbons (Fsp3) is 0.259. The first-order valence-electron chi connectivity index (χ1n) is 11.4. The first-order valence-corrected chi connectivity index (χ1v) is 13.1. The zero-order valence-electron chi connectivity index (χ0n) is 19.9. The highest BCUT2D eigenvalue weighted by Gasteiger charge is 2.43. The van der Waals surface area contributed by atoms with E-state index in [4.69, 9.17) is 10.5 Å². The molecule has 0 spiro atoms. The summed E-state index contributed by atoms with van der Waals surface area (Å²) in [6.45, 7) is 2.14. The Morgan fingerprint density at radius 1 is 1.08 bits per heavy atom. The lowest BCUT2D eigenvalue weighted by atomic mass is 9.82. The van der Waals surface area contributed by atoms with Crippen LogP contribution in [-0.2, 0) is 9.84 Å². The molecule has 1 aliphatic carbocycles. The van der Waals surface area contributed by atoms with Crippen LogP contribution in [0.5, 0.6) is 11.5 Å². The number of allylic oxidation sites excluding steroid dienone is 4. The van der Waals surface area contributed by atoms with Crippen molar-refractivity contribution in [2.75, 3.05) is 19.3 Å². The first-order chi connectivity index (χ1) is 17.0. The van der Waals surface area contributed by atoms with Crippen molar-refractivity contribution in [2.24, 2.45) is 5.73 Å². The monoisotopic (exact) mass is 516 g/mol. The average molecular weight is 517 g/mol. The fourth-order valence-corrected chi connectivity index (χ4v) is 5.92. The SMILES string of the molecule is CC1=CN(C)C2C(C(F)(F)F)=CC=CC2=C1c1cccc(Oc2cccc(S(=O)(=O)CCCN)c2)c1. The highest BCUT2D eigenvalue weighted by Crippen LogP contribution is 2.43. The maximum Gasteiger partial charge on any atom is 0.415 e. The number of likely N-dealkylation sites (N-methyl/N-ethyl adjacent to an activating group) is 1. The van der Waals surface area contributed by atoms with Gasteiger partial charge in [0.25, 0.3) is 0 Å². The molecule has 1 unspecified atom stereocenters. The molecular weight excluding hydrogens is 489 g/mol. The topological polar surface area (TPSA) is 72.6 Å². The van der Waals surface area contributed by atoms with Gasteiger partial charge in [0.05, 0.1) is 22.3 Å². The van der Waals surface area contributed by atoms with Crippen LogP contribution < -0.4 is 10.5 Å². The quantitative estimate of drug-likeness (QED) is 0.516. The first kappa shape index (κ1) is 25.8. The Morgan fingerprint density at radius 3 is 2.47 bits per heavy atom. The highest BCUT2D eigenvalue weighted by molar-refractivity contribution is 7.91. The third kappa shape index (κ3) is 5.27. The predicted octanol–water partition coefficient (Wildman–Crippen LogP) is 5.63. The minimum absolute atomic E-state index is 0.0531. The van der Waals surface area contributed by atoms with Crippen LogP contribution in [0, 0.1) is 0 Å². The normalized spacial score (nSPS) is 18.1. The van der Waals surface area contributed by atoms with E-state index in [1.807, 2.05) is 13.0 Å². The van der Waals surface area contributed by atoms with Gasteiger partial charge in [-0.25, -0.2) is 8.42 Å². The van der Waals surface area contributed by atoms with Crippen molar-refractivity contribution in [1.82, 2.24) is 4.90 Å². The molecule has 0 fully saturated rings. The number of alkyl halides is 3. The van der Waals surface area contributed by atoms with Crippen molar-refractivity contribution < 1.29 is 26.3 Å². The van der Waals surface area contributed by atoms with Gasteiger partial charge in [0, 0.05) is 13.2 Å². The van der Waals surface area contributed by atoms with Crippen LogP contribution in [0.25, 0.3) is 5.57 Å². The van der Waals surface area contributed by atoms with Crippen LogP contribution in [-0.4, -0.2) is 44.9 Å². The zero-order valence-corrected chi connectivity index (χ0v) is 20.7. The molecule has 0 amide bonds. The van der Waals surface area contributed by atoms with E-state index >= 15 is 0 Å². The number of fused-ring (bicyclic) bond motifs is 1. The van der Waals surface area contributed by atoms with Gasteiger partial charge in [-0.05, 0) is 72.5 Å². The van der Waals surface area contributed by atoms with E-state index in [0.29, 0.717) is 34.6 Å². The summed E-state index contributed by atoms with van der Waals surface area (Å²) in [4.78, 5) is 1.72. The van der Waals surface area contributed by atoms with Crippen molar-refractivity contribution >= 4 is 15.4 Å². The molecule has 1 heterocycles. The summed E-state index contributed by atoms with van der Waals surface area (Å²) < 4.78 is 72.3. The molecule has 9 heteroatoms. The second kappa shape index (κ2) is 9.99. The number of rotatable bonds is 7. The number of nitrogens with two attached hydrogens (primary N) is 1. The minimum atomic E-state index is -4.46. The third-order valence-electron chi connectivity index (χ3n) is 6.10. The summed E-state index contributed by atoms with van der Waals surface area (Å²) in [5.41, 5.74) is 7.60. The van der Waals surface area contributed by atoms with Crippen molar-refractivity contribution in [3.8, 4) is 11.5 Å². The Balaban J connectivity index is 1.68. The Hall–Kier alpha value is -3.30. The molecule has 0 saturated heterocycles. The molecular formula is C27H27F3N2O3S. The lowest BCUT2D eigenvalue weighted by molar-refractivity contribution is -0.0981. The summed E-state index contributed by atoms with van der Waals surface area (Å²) in [5, 5.41) is 0. The van der Waals surface area contributed by atoms with E-state index in [1.165, 1.54) is 18.2 Å². The number of ether oxygens (including phenoxy) is 1. The molecule has 4 rings (SSSR count). The molecule has 190 valence electrons. The number of hydrogen-bond acceptors (Lipinski definition) is 5. The number of nitrogens with zero attached hydrogens (tertiary/aromatic N) is 1. The molecule has 2 aliphatic rings. The van der Waals surface area contributed by atoms with E-state index in [0.717, 1.165) is 11.6 Å². The second-order valence-corrected chi connectivity index (χ2v) is 10.9. The van der Waals surface area contributed by atoms with E-state index < -0.39 is 27.6 Å². The molecule has 0 bridgehead atoms. The van der Waals surface area contributed by atoms with Crippen LogP contribution in [0.1, 0.15) is 18.9 Å². The summed E-state index contributed by atoms with van der Waals surface area (Å²) in [7, 11) is -1.85. The Kier molecular flexibility index (Phi) is 7.15. The second-order valence-electron chi connectivity index (χ2n) is 8.76. The molecule has 0 aromatic heterocycles. The summed E-state index contributed by atoms with van der Waals surface area (Å²) in [5.74, 6) is 0.724. The molecule has 0 saturated carbocycles. The lowest BCUT2D eigenvalue weighted by Gasteiger charge is -2.38. The Morgan fingerprint density at radius 2 is 1.78 bits per heavy atom. The van der Waals surface area contributed by atoms with Crippen molar-refractivity contribution in [3.63, 3.8) is 0 Å². The van der Waals surface area contributed by atoms with Crippen molar-refractivity contribution in [3.05, 3.63) is 95.2 Å². The van der Waals surface area contributed by atoms with E-state index in [-0.39, 0.29) is 17.2 Å². The van der Waals surface area contributed by atoms with Gasteiger partial charge in [-0.1, -0.05) is 36.4 Å². The Labute approximate surface area is 209 Å². The van der Waals surface area contributed by atoms with Crippen LogP contribution >= 0.6 is 0 Å². The smallest absolute Gasteiger partial charge is 0.415 e. The summed E-state index contributed by atoms with van der Waals surface area (Å²) in [6.07, 6.45) is 1.87. The summed E-state index contributed by atoms with van der Waals surface area (Å²) in [6, 6.07) is 12.3. The van der Waals surface area contributed by atoms with Crippen molar-refractivity contribution in [2.45, 2.75) is 30.5 Å². The van der Waals surface area contributed by atoms with Gasteiger partial charge in [0.15, 0.2) is 9.84 Å². The van der Waals surface area contributed by atoms with E-state index in [2.05, 4.69) is 0 Å². The Bertz CT molecular complexity index is 1390. The van der Waals surface area contributed by atoms with Gasteiger partial charge in [0.1, 0.15) is 11.5 Å². The minimum Gasteiger partial charge on any atom is -0.457 e. The van der Waals surface area contributed by atoms with E-state index in [9.17, 15) is 21.6 Å². The fourth-order valence-electron chi connectivity index (χ4n) is 4.55. The number of sulfone groups is 1. The van der Waals surface area contributed by atoms with Gasteiger partial charge in [-0.3, -0.25) is 0 Å². The molecule has 1 atom stereocenters. The van der Waals surface area contributed by atoms with Gasteiger partial charge >= 0.3 is 6.18 Å². The average Bonchev–Trinajstić information content (AvgIpc) is 2.82. The van der Waals surface area contributed by atoms with Crippen LogP contribution in [0.4, 0.5) is 13.2 Å². The maximum atomic E-state index is 13.8. The van der Waals surface area contributed by atoms with E-state index in [1.54, 1.807) is 54.6 Å². The number of halogens is 3. The lowest BCUT2D eigenvalue weighted by Crippen LogP contribution is -2.40. The molecule has 1 aliphatic heterocycles. The number of benzene rings is 2. The van der Waals surface area contributed by atoms with Crippen molar-refractivity contribution in [1.29, 1.82) is 0 Å². The predicted molar refractivity (Wildman–Crippen MR) is 134 cm³/mol. The largest absolute Gasteiger partial charge is 0.457 e. The van der Waals surface area contributed by atoms with Gasteiger partial charge in [-0.15, -0.1) is 0 Å². The summed E-state index contributed by atoms with van der Waals surface area (Å²) >= 11 is 0. The van der Waals surface area contributed by atoms with Gasteiger partial charge < -0.3 is 15.4 Å². The molecule has 5 nitrogen and oxygen atoms in total. The molecule has 2 aromatic carbocycles. The van der Waals surface area contributed by atoms with Crippen LogP contribution in [0.3, 0.4) is 0 Å². The van der Waals surface area contributed by atoms with Gasteiger partial charge in [0.2, 0.25) is 0 Å². The molecule has 0 radical (unpaired) electrons. The third-order valence-corrected chi connectivity index (χ3v) is 7.89. The zero-order chi connectivity index (χ0) is 26.1.